The fourth-order valence-electron chi connectivity index (χ4n) is 2.04. The Morgan fingerprint density at radius 1 is 1.05 bits per heavy atom. The molecule has 3 N–H and O–H groups in total. The average Bonchev–Trinajstić information content (AvgIpc) is 2.63. The topological polar surface area (TPSA) is 85.3 Å². The van der Waals surface area contributed by atoms with E-state index in [4.69, 9.17) is 10.2 Å². The first-order valence-corrected chi connectivity index (χ1v) is 6.18. The molecular weight excluding hydrogens is 256 g/mol. The highest BCUT2D eigenvalue weighted by Gasteiger charge is 2.18. The summed E-state index contributed by atoms with van der Waals surface area (Å²) in [6, 6.07) is 6.40. The van der Waals surface area contributed by atoms with Crippen molar-refractivity contribution in [1.82, 2.24) is 0 Å². The maximum atomic E-state index is 12.2. The average molecular weight is 272 g/mol. The number of aryl methyl sites for hydroxylation is 2. The minimum absolute atomic E-state index is 0.233. The highest BCUT2D eigenvalue weighted by atomic mass is 16.3. The Labute approximate surface area is 116 Å². The SMILES string of the molecule is Cc1oc(C)c(C(=O)Nc2ccc(C(N)=O)cc2)c1C. The number of hydrogen-bond acceptors (Lipinski definition) is 3. The minimum atomic E-state index is -0.500. The van der Waals surface area contributed by atoms with Gasteiger partial charge in [0.1, 0.15) is 11.5 Å². The summed E-state index contributed by atoms with van der Waals surface area (Å²) in [6.45, 7) is 5.42. The molecular formula is C15H16N2O3. The summed E-state index contributed by atoms with van der Waals surface area (Å²) in [6.07, 6.45) is 0. The van der Waals surface area contributed by atoms with Crippen LogP contribution in [0.4, 0.5) is 5.69 Å². The molecule has 0 atom stereocenters. The predicted molar refractivity (Wildman–Crippen MR) is 75.8 cm³/mol. The van der Waals surface area contributed by atoms with E-state index >= 15 is 0 Å². The molecule has 2 aromatic rings. The summed E-state index contributed by atoms with van der Waals surface area (Å²) in [7, 11) is 0. The van der Waals surface area contributed by atoms with Crippen LogP contribution in [0.15, 0.2) is 28.7 Å². The number of nitrogens with two attached hydrogens (primary N) is 1. The summed E-state index contributed by atoms with van der Waals surface area (Å²) < 4.78 is 5.43. The van der Waals surface area contributed by atoms with Gasteiger partial charge in [-0.2, -0.15) is 0 Å². The highest BCUT2D eigenvalue weighted by molar-refractivity contribution is 6.06. The van der Waals surface area contributed by atoms with Crippen molar-refractivity contribution in [2.24, 2.45) is 5.73 Å². The molecule has 2 amide bonds. The number of amides is 2. The van der Waals surface area contributed by atoms with Gasteiger partial charge in [0.15, 0.2) is 0 Å². The molecule has 104 valence electrons. The maximum absolute atomic E-state index is 12.2. The number of hydrogen-bond donors (Lipinski definition) is 2. The van der Waals surface area contributed by atoms with Crippen LogP contribution in [-0.2, 0) is 0 Å². The van der Waals surface area contributed by atoms with Crippen LogP contribution < -0.4 is 11.1 Å². The molecule has 5 heteroatoms. The molecule has 0 unspecified atom stereocenters. The van der Waals surface area contributed by atoms with Gasteiger partial charge in [0.05, 0.1) is 5.56 Å². The van der Waals surface area contributed by atoms with Crippen LogP contribution in [0.3, 0.4) is 0 Å². The second kappa shape index (κ2) is 5.21. The van der Waals surface area contributed by atoms with E-state index in [-0.39, 0.29) is 5.91 Å². The van der Waals surface area contributed by atoms with Crippen molar-refractivity contribution >= 4 is 17.5 Å². The van der Waals surface area contributed by atoms with Gasteiger partial charge in [0.25, 0.3) is 5.91 Å². The number of primary amides is 1. The van der Waals surface area contributed by atoms with Crippen LogP contribution in [0.2, 0.25) is 0 Å². The van der Waals surface area contributed by atoms with Gasteiger partial charge in [-0.1, -0.05) is 0 Å². The number of benzene rings is 1. The van der Waals surface area contributed by atoms with Gasteiger partial charge in [-0.15, -0.1) is 0 Å². The quantitative estimate of drug-likeness (QED) is 0.900. The molecule has 0 bridgehead atoms. The lowest BCUT2D eigenvalue weighted by Crippen LogP contribution is -2.14. The lowest BCUT2D eigenvalue weighted by molar-refractivity contribution is 0.0998. The zero-order valence-electron chi connectivity index (χ0n) is 11.6. The molecule has 2 rings (SSSR count). The Bertz CT molecular complexity index is 669. The monoisotopic (exact) mass is 272 g/mol. The first-order chi connectivity index (χ1) is 9.40. The number of carbonyl (C=O) groups excluding carboxylic acids is 2. The van der Waals surface area contributed by atoms with E-state index in [0.29, 0.717) is 22.6 Å². The lowest BCUT2D eigenvalue weighted by Gasteiger charge is -2.06. The van der Waals surface area contributed by atoms with E-state index in [1.54, 1.807) is 31.2 Å². The fourth-order valence-corrected chi connectivity index (χ4v) is 2.04. The first kappa shape index (κ1) is 13.9. The third kappa shape index (κ3) is 2.56. The van der Waals surface area contributed by atoms with Gasteiger partial charge in [-0.3, -0.25) is 9.59 Å². The molecule has 1 heterocycles. The predicted octanol–water partition coefficient (Wildman–Crippen LogP) is 2.56. The highest BCUT2D eigenvalue weighted by Crippen LogP contribution is 2.22. The molecule has 0 aliphatic rings. The Hall–Kier alpha value is -2.56. The van der Waals surface area contributed by atoms with Gasteiger partial charge >= 0.3 is 0 Å². The normalized spacial score (nSPS) is 10.3. The number of nitrogens with one attached hydrogen (secondary N) is 1. The van der Waals surface area contributed by atoms with Crippen molar-refractivity contribution in [2.45, 2.75) is 20.8 Å². The summed E-state index contributed by atoms with van der Waals surface area (Å²) in [4.78, 5) is 23.2. The number of anilines is 1. The van der Waals surface area contributed by atoms with Crippen LogP contribution in [-0.4, -0.2) is 11.8 Å². The largest absolute Gasteiger partial charge is 0.466 e. The maximum Gasteiger partial charge on any atom is 0.259 e. The fraction of sp³-hybridized carbons (Fsp3) is 0.200. The molecule has 1 aromatic carbocycles. The molecule has 0 saturated carbocycles. The summed E-state index contributed by atoms with van der Waals surface area (Å²) in [5.41, 5.74) is 7.52. The molecule has 1 aromatic heterocycles. The van der Waals surface area contributed by atoms with Gasteiger partial charge < -0.3 is 15.5 Å². The summed E-state index contributed by atoms with van der Waals surface area (Å²) >= 11 is 0. The van der Waals surface area contributed by atoms with E-state index in [9.17, 15) is 9.59 Å². The zero-order valence-corrected chi connectivity index (χ0v) is 11.6. The van der Waals surface area contributed by atoms with E-state index < -0.39 is 5.91 Å². The van der Waals surface area contributed by atoms with Gasteiger partial charge in [0, 0.05) is 16.8 Å². The Kier molecular flexibility index (Phi) is 3.61. The zero-order chi connectivity index (χ0) is 14.9. The Balaban J connectivity index is 2.21. The third-order valence-corrected chi connectivity index (χ3v) is 3.22. The van der Waals surface area contributed by atoms with Crippen LogP contribution in [0, 0.1) is 20.8 Å². The molecule has 0 saturated heterocycles. The van der Waals surface area contributed by atoms with Gasteiger partial charge in [0.2, 0.25) is 5.91 Å². The van der Waals surface area contributed by atoms with Crippen molar-refractivity contribution in [3.63, 3.8) is 0 Å². The van der Waals surface area contributed by atoms with Crippen LogP contribution in [0.5, 0.6) is 0 Å². The number of furan rings is 1. The second-order valence-corrected chi connectivity index (χ2v) is 4.61. The smallest absolute Gasteiger partial charge is 0.259 e. The van der Waals surface area contributed by atoms with Crippen LogP contribution in [0.25, 0.3) is 0 Å². The van der Waals surface area contributed by atoms with Crippen LogP contribution >= 0.6 is 0 Å². The molecule has 0 aliphatic heterocycles. The Morgan fingerprint density at radius 3 is 2.10 bits per heavy atom. The van der Waals surface area contributed by atoms with Gasteiger partial charge in [-0.25, -0.2) is 0 Å². The lowest BCUT2D eigenvalue weighted by atomic mass is 10.1. The number of rotatable bonds is 3. The molecule has 0 aliphatic carbocycles. The molecule has 0 spiro atoms. The van der Waals surface area contributed by atoms with Crippen molar-refractivity contribution in [2.75, 3.05) is 5.32 Å². The molecule has 0 fully saturated rings. The van der Waals surface area contributed by atoms with Crippen molar-refractivity contribution in [3.8, 4) is 0 Å². The minimum Gasteiger partial charge on any atom is -0.466 e. The Morgan fingerprint density at radius 2 is 1.65 bits per heavy atom. The summed E-state index contributed by atoms with van der Waals surface area (Å²) in [5, 5.41) is 2.77. The number of carbonyl (C=O) groups is 2. The van der Waals surface area contributed by atoms with Gasteiger partial charge in [-0.05, 0) is 45.0 Å². The standard InChI is InChI=1S/C15H16N2O3/c1-8-9(2)20-10(3)13(8)15(19)17-12-6-4-11(5-7-12)14(16)18/h4-7H,1-3H3,(H2,16,18)(H,17,19). The van der Waals surface area contributed by atoms with Crippen molar-refractivity contribution in [3.05, 3.63) is 52.5 Å². The molecule has 0 radical (unpaired) electrons. The second-order valence-electron chi connectivity index (χ2n) is 4.61. The van der Waals surface area contributed by atoms with E-state index in [1.165, 1.54) is 0 Å². The van der Waals surface area contributed by atoms with Crippen LogP contribution in [0.1, 0.15) is 37.8 Å². The van der Waals surface area contributed by atoms with E-state index in [1.807, 2.05) is 13.8 Å². The summed E-state index contributed by atoms with van der Waals surface area (Å²) in [5.74, 6) is 0.590. The van der Waals surface area contributed by atoms with E-state index in [0.717, 1.165) is 11.3 Å². The molecule has 20 heavy (non-hydrogen) atoms. The van der Waals surface area contributed by atoms with E-state index in [2.05, 4.69) is 5.32 Å². The molecule has 5 nitrogen and oxygen atoms in total. The first-order valence-electron chi connectivity index (χ1n) is 6.18. The van der Waals surface area contributed by atoms with Crippen molar-refractivity contribution < 1.29 is 14.0 Å². The third-order valence-electron chi connectivity index (χ3n) is 3.22. The van der Waals surface area contributed by atoms with Crippen molar-refractivity contribution in [1.29, 1.82) is 0 Å².